The Morgan fingerprint density at radius 3 is 3.00 bits per heavy atom. The van der Waals surface area contributed by atoms with Gasteiger partial charge in [-0.15, -0.1) is 0 Å². The van der Waals surface area contributed by atoms with Crippen LogP contribution in [0.15, 0.2) is 28.7 Å². The third-order valence-electron chi connectivity index (χ3n) is 2.29. The van der Waals surface area contributed by atoms with Crippen molar-refractivity contribution in [3.63, 3.8) is 0 Å². The van der Waals surface area contributed by atoms with Crippen LogP contribution in [0.1, 0.15) is 6.42 Å². The molecule has 0 spiro atoms. The van der Waals surface area contributed by atoms with E-state index in [1.165, 1.54) is 10.6 Å². The Morgan fingerprint density at radius 1 is 1.08 bits per heavy atom. The fourth-order valence-electron chi connectivity index (χ4n) is 1.73. The van der Waals surface area contributed by atoms with Crippen molar-refractivity contribution in [3.05, 3.63) is 34.9 Å². The monoisotopic (exact) mass is 156 g/mol. The summed E-state index contributed by atoms with van der Waals surface area (Å²) < 4.78 is 5.62. The van der Waals surface area contributed by atoms with Crippen molar-refractivity contribution in [2.75, 3.05) is 0 Å². The quantitative estimate of drug-likeness (QED) is 0.562. The lowest BCUT2D eigenvalue weighted by molar-refractivity contribution is 0.576. The second-order valence-corrected chi connectivity index (χ2v) is 3.02. The minimum absolute atomic E-state index is 0.995. The van der Waals surface area contributed by atoms with E-state index in [1.54, 1.807) is 0 Å². The number of rotatable bonds is 0. The van der Waals surface area contributed by atoms with E-state index >= 15 is 0 Å². The van der Waals surface area contributed by atoms with Crippen molar-refractivity contribution in [2.45, 2.75) is 6.42 Å². The first-order valence-corrected chi connectivity index (χ1v) is 4.13. The molecule has 1 aromatic heterocycles. The van der Waals surface area contributed by atoms with Gasteiger partial charge in [0.25, 0.3) is 0 Å². The Morgan fingerprint density at radius 2 is 2.00 bits per heavy atom. The number of hydrogen-bond acceptors (Lipinski definition) is 1. The molecule has 0 saturated carbocycles. The molecule has 1 nitrogen and oxygen atoms in total. The first kappa shape index (κ1) is 6.06. The van der Waals surface area contributed by atoms with E-state index in [4.69, 9.17) is 4.42 Å². The summed E-state index contributed by atoms with van der Waals surface area (Å²) in [5, 5.41) is 2.51. The smallest absolute Gasteiger partial charge is 0.135 e. The Balaban J connectivity index is 2.71. The summed E-state index contributed by atoms with van der Waals surface area (Å²) in [5.41, 5.74) is 2.03. The number of para-hydroxylation sites is 1. The number of fused-ring (bicyclic) bond motifs is 3. The van der Waals surface area contributed by atoms with E-state index in [2.05, 4.69) is 18.2 Å². The summed E-state index contributed by atoms with van der Waals surface area (Å²) in [7, 11) is 0. The van der Waals surface area contributed by atoms with E-state index in [0.29, 0.717) is 0 Å². The Hall–Kier alpha value is -1.50. The van der Waals surface area contributed by atoms with E-state index in [-0.39, 0.29) is 0 Å². The van der Waals surface area contributed by atoms with Gasteiger partial charge in [-0.3, -0.25) is 0 Å². The van der Waals surface area contributed by atoms with Gasteiger partial charge < -0.3 is 4.42 Å². The highest BCUT2D eigenvalue weighted by atomic mass is 16.3. The van der Waals surface area contributed by atoms with Gasteiger partial charge >= 0.3 is 0 Å². The molecule has 0 fully saturated rings. The molecule has 0 N–H and O–H groups in total. The molecule has 1 heteroatoms. The van der Waals surface area contributed by atoms with Gasteiger partial charge in [0.15, 0.2) is 0 Å². The molecule has 1 heterocycles. The Labute approximate surface area is 69.6 Å². The minimum Gasteiger partial charge on any atom is -0.456 e. The van der Waals surface area contributed by atoms with E-state index in [0.717, 1.165) is 17.4 Å². The van der Waals surface area contributed by atoms with Gasteiger partial charge in [-0.05, 0) is 18.6 Å². The standard InChI is InChI=1S/C11H8O/c1-2-6-10-8(4-1)9-5-3-7-11(9)12-10/h1-2,4-7H,3H2. The van der Waals surface area contributed by atoms with Crippen LogP contribution in [0, 0.1) is 0 Å². The fraction of sp³-hybridized carbons (Fsp3) is 0.0909. The van der Waals surface area contributed by atoms with Crippen LogP contribution in [-0.4, -0.2) is 0 Å². The number of hydrogen-bond donors (Lipinski definition) is 0. The van der Waals surface area contributed by atoms with Crippen LogP contribution in [0.3, 0.4) is 0 Å². The van der Waals surface area contributed by atoms with E-state index < -0.39 is 0 Å². The molecular weight excluding hydrogens is 148 g/mol. The van der Waals surface area contributed by atoms with Crippen molar-refractivity contribution in [1.82, 2.24) is 0 Å². The van der Waals surface area contributed by atoms with Crippen molar-refractivity contribution in [2.24, 2.45) is 0 Å². The highest BCUT2D eigenvalue weighted by Gasteiger charge is 2.03. The van der Waals surface area contributed by atoms with Crippen LogP contribution in [0.2, 0.25) is 0 Å². The van der Waals surface area contributed by atoms with Gasteiger partial charge in [0.05, 0.1) is 0 Å². The lowest BCUT2D eigenvalue weighted by atomic mass is 10.2. The predicted molar refractivity (Wildman–Crippen MR) is 49.0 cm³/mol. The maximum Gasteiger partial charge on any atom is 0.135 e. The summed E-state index contributed by atoms with van der Waals surface area (Å²) in [6.07, 6.45) is 5.34. The number of furan rings is 1. The molecule has 1 aromatic carbocycles. The third kappa shape index (κ3) is 0.632. The van der Waals surface area contributed by atoms with Crippen LogP contribution >= 0.6 is 0 Å². The molecule has 0 unspecified atom stereocenters. The summed E-state index contributed by atoms with van der Waals surface area (Å²) in [4.78, 5) is 0. The zero-order valence-electron chi connectivity index (χ0n) is 6.58. The highest BCUT2D eigenvalue weighted by Crippen LogP contribution is 2.08. The molecule has 0 bridgehead atoms. The molecular formula is C11H8O. The molecule has 0 amide bonds. The topological polar surface area (TPSA) is 13.1 Å². The minimum atomic E-state index is 0.995. The van der Waals surface area contributed by atoms with Gasteiger partial charge in [-0.1, -0.05) is 24.3 Å². The average molecular weight is 156 g/mol. The van der Waals surface area contributed by atoms with Gasteiger partial charge in [-0.2, -0.15) is 0 Å². The second kappa shape index (κ2) is 2.01. The lowest BCUT2D eigenvalue weighted by Gasteiger charge is -1.84. The first-order valence-electron chi connectivity index (χ1n) is 4.13. The maximum atomic E-state index is 5.62. The van der Waals surface area contributed by atoms with Crippen molar-refractivity contribution < 1.29 is 4.42 Å². The van der Waals surface area contributed by atoms with E-state index in [1.807, 2.05) is 18.2 Å². The largest absolute Gasteiger partial charge is 0.456 e. The van der Waals surface area contributed by atoms with E-state index in [9.17, 15) is 0 Å². The molecule has 0 aliphatic heterocycles. The zero-order chi connectivity index (χ0) is 7.97. The lowest BCUT2D eigenvalue weighted by Crippen LogP contribution is -2.15. The molecule has 1 aliphatic rings. The summed E-state index contributed by atoms with van der Waals surface area (Å²) in [6, 6.07) is 8.16. The molecule has 12 heavy (non-hydrogen) atoms. The third-order valence-corrected chi connectivity index (χ3v) is 2.29. The highest BCUT2D eigenvalue weighted by molar-refractivity contribution is 5.80. The predicted octanol–water partition coefficient (Wildman–Crippen LogP) is 1.40. The normalized spacial score (nSPS) is 14.0. The molecule has 1 aliphatic carbocycles. The SMILES string of the molecule is C1=c2oc3ccccc3c2=CC1. The molecule has 0 saturated heterocycles. The van der Waals surface area contributed by atoms with Gasteiger partial charge in [0.2, 0.25) is 0 Å². The first-order chi connectivity index (χ1) is 5.95. The van der Waals surface area contributed by atoms with Crippen LogP contribution in [0.25, 0.3) is 23.1 Å². The molecule has 0 atom stereocenters. The van der Waals surface area contributed by atoms with Crippen LogP contribution in [-0.2, 0) is 0 Å². The van der Waals surface area contributed by atoms with Crippen molar-refractivity contribution in [3.8, 4) is 0 Å². The van der Waals surface area contributed by atoms with Gasteiger partial charge in [0, 0.05) is 10.6 Å². The molecule has 0 radical (unpaired) electrons. The van der Waals surface area contributed by atoms with Crippen molar-refractivity contribution in [1.29, 1.82) is 0 Å². The summed E-state index contributed by atoms with van der Waals surface area (Å²) >= 11 is 0. The van der Waals surface area contributed by atoms with Crippen molar-refractivity contribution >= 4 is 23.1 Å². The number of benzene rings is 1. The fourth-order valence-corrected chi connectivity index (χ4v) is 1.73. The Bertz CT molecular complexity index is 546. The molecule has 3 rings (SSSR count). The summed E-state index contributed by atoms with van der Waals surface area (Å²) in [5.74, 6) is 0. The van der Waals surface area contributed by atoms with Crippen LogP contribution in [0.4, 0.5) is 0 Å². The average Bonchev–Trinajstić information content (AvgIpc) is 2.62. The zero-order valence-corrected chi connectivity index (χ0v) is 6.58. The Kier molecular flexibility index (Phi) is 1.01. The molecule has 2 aromatic rings. The second-order valence-electron chi connectivity index (χ2n) is 3.02. The van der Waals surface area contributed by atoms with Gasteiger partial charge in [0.1, 0.15) is 11.0 Å². The molecule has 58 valence electrons. The van der Waals surface area contributed by atoms with Gasteiger partial charge in [-0.25, -0.2) is 0 Å². The maximum absolute atomic E-state index is 5.62. The summed E-state index contributed by atoms with van der Waals surface area (Å²) in [6.45, 7) is 0. The van der Waals surface area contributed by atoms with Crippen LogP contribution < -0.4 is 10.6 Å². The van der Waals surface area contributed by atoms with Crippen LogP contribution in [0.5, 0.6) is 0 Å².